The lowest BCUT2D eigenvalue weighted by Gasteiger charge is -2.37. The molecule has 0 saturated carbocycles. The molecule has 1 aromatic carbocycles. The Hall–Kier alpha value is -0.380. The van der Waals surface area contributed by atoms with Crippen molar-refractivity contribution in [2.45, 2.75) is 51.7 Å². The second-order valence-corrected chi connectivity index (χ2v) is 5.56. The fourth-order valence-corrected chi connectivity index (χ4v) is 2.70. The van der Waals surface area contributed by atoms with Crippen LogP contribution in [0.15, 0.2) is 28.7 Å². The first-order chi connectivity index (χ1) is 8.57. The smallest absolute Gasteiger partial charge is 0.0830 e. The van der Waals surface area contributed by atoms with Crippen molar-refractivity contribution in [3.8, 4) is 0 Å². The molecule has 0 saturated heterocycles. The lowest BCUT2D eigenvalue weighted by Crippen LogP contribution is -2.50. The quantitative estimate of drug-likeness (QED) is 0.828. The van der Waals surface area contributed by atoms with Crippen LogP contribution in [-0.2, 0) is 11.2 Å². The van der Waals surface area contributed by atoms with E-state index in [0.29, 0.717) is 0 Å². The second kappa shape index (κ2) is 7.27. The van der Waals surface area contributed by atoms with Crippen molar-refractivity contribution in [3.63, 3.8) is 0 Å². The standard InChI is InChI=1S/C15H24BrNO/c1-4-15(5-2,18-6-3)14(17)11-12-7-9-13(16)10-8-12/h7-10,14H,4-6,11,17H2,1-3H3. The first-order valence-corrected chi connectivity index (χ1v) is 7.51. The molecule has 0 aromatic heterocycles. The highest BCUT2D eigenvalue weighted by Crippen LogP contribution is 2.26. The number of hydrogen-bond donors (Lipinski definition) is 1. The number of hydrogen-bond acceptors (Lipinski definition) is 2. The normalized spacial score (nSPS) is 13.6. The minimum absolute atomic E-state index is 0.0358. The van der Waals surface area contributed by atoms with Gasteiger partial charge in [-0.05, 0) is 43.9 Å². The van der Waals surface area contributed by atoms with E-state index in [1.54, 1.807) is 0 Å². The molecule has 0 radical (unpaired) electrons. The largest absolute Gasteiger partial charge is 0.374 e. The molecule has 0 aliphatic carbocycles. The van der Waals surface area contributed by atoms with Crippen molar-refractivity contribution in [1.82, 2.24) is 0 Å². The maximum atomic E-state index is 6.39. The fraction of sp³-hybridized carbons (Fsp3) is 0.600. The average Bonchev–Trinajstić information content (AvgIpc) is 2.38. The van der Waals surface area contributed by atoms with Gasteiger partial charge in [0.2, 0.25) is 0 Å². The summed E-state index contributed by atoms with van der Waals surface area (Å²) in [5, 5.41) is 0. The van der Waals surface area contributed by atoms with Gasteiger partial charge >= 0.3 is 0 Å². The SMILES string of the molecule is CCOC(CC)(CC)C(N)Cc1ccc(Br)cc1. The summed E-state index contributed by atoms with van der Waals surface area (Å²) in [7, 11) is 0. The summed E-state index contributed by atoms with van der Waals surface area (Å²) in [6, 6.07) is 8.39. The Labute approximate surface area is 119 Å². The Balaban J connectivity index is 2.77. The molecule has 0 amide bonds. The highest BCUT2D eigenvalue weighted by molar-refractivity contribution is 9.10. The van der Waals surface area contributed by atoms with Crippen LogP contribution in [0.1, 0.15) is 39.2 Å². The van der Waals surface area contributed by atoms with Gasteiger partial charge in [-0.15, -0.1) is 0 Å². The summed E-state index contributed by atoms with van der Waals surface area (Å²) in [6.07, 6.45) is 2.76. The third kappa shape index (κ3) is 3.81. The molecule has 2 nitrogen and oxygen atoms in total. The number of rotatable bonds is 7. The summed E-state index contributed by atoms with van der Waals surface area (Å²) in [5.74, 6) is 0. The Kier molecular flexibility index (Phi) is 6.33. The van der Waals surface area contributed by atoms with Gasteiger partial charge < -0.3 is 10.5 Å². The van der Waals surface area contributed by atoms with Crippen molar-refractivity contribution in [2.75, 3.05) is 6.61 Å². The van der Waals surface area contributed by atoms with Crippen molar-refractivity contribution >= 4 is 15.9 Å². The van der Waals surface area contributed by atoms with Crippen molar-refractivity contribution in [3.05, 3.63) is 34.3 Å². The van der Waals surface area contributed by atoms with Gasteiger partial charge in [-0.3, -0.25) is 0 Å². The Bertz CT molecular complexity index is 346. The van der Waals surface area contributed by atoms with Gasteiger partial charge in [0, 0.05) is 17.1 Å². The maximum absolute atomic E-state index is 6.39. The van der Waals surface area contributed by atoms with Gasteiger partial charge in [0.15, 0.2) is 0 Å². The Morgan fingerprint density at radius 1 is 1.17 bits per heavy atom. The van der Waals surface area contributed by atoms with Crippen LogP contribution in [0.25, 0.3) is 0 Å². The Morgan fingerprint density at radius 3 is 2.17 bits per heavy atom. The van der Waals surface area contributed by atoms with E-state index in [0.717, 1.165) is 30.3 Å². The fourth-order valence-electron chi connectivity index (χ4n) is 2.43. The molecule has 0 heterocycles. The van der Waals surface area contributed by atoms with E-state index in [-0.39, 0.29) is 11.6 Å². The summed E-state index contributed by atoms with van der Waals surface area (Å²) < 4.78 is 7.05. The van der Waals surface area contributed by atoms with E-state index in [1.807, 2.05) is 6.92 Å². The lowest BCUT2D eigenvalue weighted by molar-refractivity contribution is -0.0633. The number of benzene rings is 1. The van der Waals surface area contributed by atoms with Gasteiger partial charge in [0.1, 0.15) is 0 Å². The zero-order chi connectivity index (χ0) is 13.6. The van der Waals surface area contributed by atoms with Crippen LogP contribution in [0.2, 0.25) is 0 Å². The predicted octanol–water partition coefficient (Wildman–Crippen LogP) is 3.91. The van der Waals surface area contributed by atoms with Gasteiger partial charge in [-0.25, -0.2) is 0 Å². The number of nitrogens with two attached hydrogens (primary N) is 1. The molecule has 3 heteroatoms. The highest BCUT2D eigenvalue weighted by atomic mass is 79.9. The van der Waals surface area contributed by atoms with Gasteiger partial charge in [-0.1, -0.05) is 41.9 Å². The third-order valence-electron chi connectivity index (χ3n) is 3.67. The molecule has 0 fully saturated rings. The minimum Gasteiger partial charge on any atom is -0.374 e. The van der Waals surface area contributed by atoms with Crippen LogP contribution in [0.3, 0.4) is 0 Å². The topological polar surface area (TPSA) is 35.2 Å². The third-order valence-corrected chi connectivity index (χ3v) is 4.20. The van der Waals surface area contributed by atoms with E-state index in [4.69, 9.17) is 10.5 Å². The molecular weight excluding hydrogens is 290 g/mol. The van der Waals surface area contributed by atoms with Crippen molar-refractivity contribution in [1.29, 1.82) is 0 Å². The van der Waals surface area contributed by atoms with E-state index in [1.165, 1.54) is 5.56 Å². The van der Waals surface area contributed by atoms with Gasteiger partial charge in [-0.2, -0.15) is 0 Å². The predicted molar refractivity (Wildman–Crippen MR) is 80.8 cm³/mol. The van der Waals surface area contributed by atoms with Crippen LogP contribution < -0.4 is 5.73 Å². The molecule has 102 valence electrons. The van der Waals surface area contributed by atoms with E-state index >= 15 is 0 Å². The summed E-state index contributed by atoms with van der Waals surface area (Å²) in [5.41, 5.74) is 7.46. The second-order valence-electron chi connectivity index (χ2n) is 4.64. The molecule has 18 heavy (non-hydrogen) atoms. The number of ether oxygens (including phenoxy) is 1. The van der Waals surface area contributed by atoms with Crippen LogP contribution in [0, 0.1) is 0 Å². The molecule has 1 atom stereocenters. The lowest BCUT2D eigenvalue weighted by atomic mass is 9.85. The van der Waals surface area contributed by atoms with E-state index in [2.05, 4.69) is 54.0 Å². The Morgan fingerprint density at radius 2 is 1.72 bits per heavy atom. The van der Waals surface area contributed by atoms with Crippen LogP contribution >= 0.6 is 15.9 Å². The van der Waals surface area contributed by atoms with Crippen molar-refractivity contribution in [2.24, 2.45) is 5.73 Å². The minimum atomic E-state index is -0.193. The molecule has 2 N–H and O–H groups in total. The van der Waals surface area contributed by atoms with Gasteiger partial charge in [0.05, 0.1) is 5.60 Å². The molecule has 1 rings (SSSR count). The van der Waals surface area contributed by atoms with Crippen LogP contribution in [0.5, 0.6) is 0 Å². The van der Waals surface area contributed by atoms with Crippen LogP contribution in [0.4, 0.5) is 0 Å². The first kappa shape index (κ1) is 15.7. The molecule has 1 aromatic rings. The molecule has 0 aliphatic heterocycles. The molecule has 1 unspecified atom stereocenters. The monoisotopic (exact) mass is 313 g/mol. The molecule has 0 bridgehead atoms. The van der Waals surface area contributed by atoms with E-state index < -0.39 is 0 Å². The summed E-state index contributed by atoms with van der Waals surface area (Å²) in [6.45, 7) is 7.06. The van der Waals surface area contributed by atoms with Crippen molar-refractivity contribution < 1.29 is 4.74 Å². The zero-order valence-electron chi connectivity index (χ0n) is 11.6. The van der Waals surface area contributed by atoms with E-state index in [9.17, 15) is 0 Å². The van der Waals surface area contributed by atoms with Crippen LogP contribution in [-0.4, -0.2) is 18.2 Å². The average molecular weight is 314 g/mol. The summed E-state index contributed by atoms with van der Waals surface area (Å²) in [4.78, 5) is 0. The molecule has 0 aliphatic rings. The summed E-state index contributed by atoms with van der Waals surface area (Å²) >= 11 is 3.45. The maximum Gasteiger partial charge on any atom is 0.0830 e. The van der Waals surface area contributed by atoms with Gasteiger partial charge in [0.25, 0.3) is 0 Å². The first-order valence-electron chi connectivity index (χ1n) is 6.72. The molecule has 0 spiro atoms. The molecular formula is C15H24BrNO. The zero-order valence-corrected chi connectivity index (χ0v) is 13.2. The highest BCUT2D eigenvalue weighted by Gasteiger charge is 2.33. The number of halogens is 1.